The van der Waals surface area contributed by atoms with Crippen LogP contribution in [0.15, 0.2) is 91.0 Å². The molecule has 0 fully saturated rings. The van der Waals surface area contributed by atoms with E-state index in [1.54, 1.807) is 0 Å². The number of benzene rings is 7. The third-order valence-electron chi connectivity index (χ3n) is 9.53. The first-order valence-electron chi connectivity index (χ1n) is 18.2. The molecule has 0 amide bonds. The van der Waals surface area contributed by atoms with Crippen LogP contribution in [0.2, 0.25) is 0 Å². The summed E-state index contributed by atoms with van der Waals surface area (Å²) in [6, 6.07) is 30.8. The summed E-state index contributed by atoms with van der Waals surface area (Å²) in [5.74, 6) is -71.4. The SMILES string of the molecule is Cc1ccccc1.Cc1ccccc1.Cc1ccccc1.Fc1c(F)c(F)c([B-](c2c(F)c(F)c(F)c(F)c2F)(c2c(F)c(F)c(F)c(F)c2F)c2c(F)c(F)c(F)c(F)c2F)c(F)c1F.[Ag+]. The van der Waals surface area contributed by atoms with Crippen LogP contribution in [-0.4, -0.2) is 6.15 Å². The van der Waals surface area contributed by atoms with E-state index in [0.717, 1.165) is 0 Å². The molecule has 0 heterocycles. The molecule has 358 valence electrons. The van der Waals surface area contributed by atoms with Crippen molar-refractivity contribution >= 4 is 28.0 Å². The Kier molecular flexibility index (Phi) is 18.7. The number of aryl methyl sites for hydroxylation is 3. The molecule has 0 atom stereocenters. The summed E-state index contributed by atoms with van der Waals surface area (Å²) in [4.78, 5) is 0. The largest absolute Gasteiger partial charge is 1.00 e. The van der Waals surface area contributed by atoms with Crippen molar-refractivity contribution in [3.8, 4) is 0 Å². The maximum absolute atomic E-state index is 15.4. The molecule has 0 spiro atoms. The minimum Gasteiger partial charge on any atom is -0.207 e. The van der Waals surface area contributed by atoms with Gasteiger partial charge in [0.25, 0.3) is 0 Å². The molecule has 7 aromatic rings. The Balaban J connectivity index is 0.000000437. The molecule has 0 bridgehead atoms. The van der Waals surface area contributed by atoms with Crippen LogP contribution < -0.4 is 21.9 Å². The standard InChI is InChI=1S/C24BF20.3C7H8.Ag/c26-5-1(6(27)14(35)21(42)13(5)34)25(2-7(28)15(36)22(43)16(37)8(2)29,3-9(30)17(38)23(44)18(39)10(3)31)4-11(32)19(40)24(45)20(41)12(4)33;3*1-7-5-3-2-4-6-7;/h;3*2-6H,1H3;/q-1;;;;+1. The summed E-state index contributed by atoms with van der Waals surface area (Å²) in [6.45, 7) is 6.25. The second-order valence-electron chi connectivity index (χ2n) is 13.8. The summed E-state index contributed by atoms with van der Waals surface area (Å²) >= 11 is 0. The number of hydrogen-bond donors (Lipinski definition) is 0. The zero-order valence-electron chi connectivity index (χ0n) is 33.6. The first-order valence-corrected chi connectivity index (χ1v) is 18.2. The van der Waals surface area contributed by atoms with Gasteiger partial charge in [0.2, 0.25) is 0 Å². The Labute approximate surface area is 381 Å². The second-order valence-corrected chi connectivity index (χ2v) is 13.8. The molecule has 0 nitrogen and oxygen atoms in total. The fourth-order valence-electron chi connectivity index (χ4n) is 6.48. The van der Waals surface area contributed by atoms with Gasteiger partial charge in [0, 0.05) is 0 Å². The molecule has 0 unspecified atom stereocenters. The topological polar surface area (TPSA) is 0 Å². The van der Waals surface area contributed by atoms with Gasteiger partial charge in [-0.25, -0.2) is 87.8 Å². The Morgan fingerprint density at radius 1 is 0.209 bits per heavy atom. The van der Waals surface area contributed by atoms with Crippen LogP contribution in [0, 0.1) is 137 Å². The molecule has 0 aromatic heterocycles. The van der Waals surface area contributed by atoms with Gasteiger partial charge in [-0.05, 0) is 20.8 Å². The van der Waals surface area contributed by atoms with Crippen molar-refractivity contribution in [3.05, 3.63) is 224 Å². The van der Waals surface area contributed by atoms with Gasteiger partial charge in [-0.2, -0.15) is 0 Å². The van der Waals surface area contributed by atoms with Crippen LogP contribution in [-0.2, 0) is 22.4 Å². The molecule has 7 aromatic carbocycles. The number of halogens is 20. The van der Waals surface area contributed by atoms with Gasteiger partial charge in [-0.1, -0.05) is 108 Å². The Hall–Kier alpha value is -6.05. The summed E-state index contributed by atoms with van der Waals surface area (Å²) < 4.78 is 294. The van der Waals surface area contributed by atoms with E-state index in [2.05, 4.69) is 57.2 Å². The van der Waals surface area contributed by atoms with E-state index >= 15 is 35.1 Å². The van der Waals surface area contributed by atoms with Crippen molar-refractivity contribution < 1.29 is 110 Å². The van der Waals surface area contributed by atoms with E-state index in [1.165, 1.54) is 16.7 Å². The van der Waals surface area contributed by atoms with Crippen molar-refractivity contribution in [2.45, 2.75) is 20.8 Å². The van der Waals surface area contributed by atoms with E-state index in [-0.39, 0.29) is 22.4 Å². The summed E-state index contributed by atoms with van der Waals surface area (Å²) in [5.41, 5.74) is -10.4. The van der Waals surface area contributed by atoms with Gasteiger partial charge in [-0.15, -0.1) is 21.9 Å². The molecule has 0 N–H and O–H groups in total. The van der Waals surface area contributed by atoms with Crippen LogP contribution in [0.25, 0.3) is 0 Å². The zero-order chi connectivity index (χ0) is 49.7. The van der Waals surface area contributed by atoms with E-state index in [0.29, 0.717) is 0 Å². The Morgan fingerprint density at radius 2 is 0.328 bits per heavy atom. The smallest absolute Gasteiger partial charge is 0.207 e. The fourth-order valence-corrected chi connectivity index (χ4v) is 6.48. The zero-order valence-corrected chi connectivity index (χ0v) is 35.1. The maximum atomic E-state index is 15.4. The second kappa shape index (κ2) is 22.6. The average molecular weight is 1060 g/mol. The minimum atomic E-state index is -7.22. The Morgan fingerprint density at radius 3 is 0.433 bits per heavy atom. The van der Waals surface area contributed by atoms with Crippen molar-refractivity contribution in [2.75, 3.05) is 0 Å². The van der Waals surface area contributed by atoms with Gasteiger partial charge < -0.3 is 0 Å². The molecule has 7 rings (SSSR count). The maximum Gasteiger partial charge on any atom is 1.00 e. The molecule has 0 aliphatic heterocycles. The van der Waals surface area contributed by atoms with Crippen molar-refractivity contribution in [1.82, 2.24) is 0 Å². The Bertz CT molecular complexity index is 2410. The van der Waals surface area contributed by atoms with Gasteiger partial charge in [0.15, 0.2) is 69.8 Å². The molecule has 0 aliphatic rings. The van der Waals surface area contributed by atoms with Crippen molar-refractivity contribution in [1.29, 1.82) is 0 Å². The van der Waals surface area contributed by atoms with E-state index < -0.39 is 144 Å². The van der Waals surface area contributed by atoms with Crippen molar-refractivity contribution in [2.24, 2.45) is 0 Å². The minimum absolute atomic E-state index is 0. The van der Waals surface area contributed by atoms with Crippen molar-refractivity contribution in [3.63, 3.8) is 0 Å². The van der Waals surface area contributed by atoms with E-state index in [4.69, 9.17) is 0 Å². The summed E-state index contributed by atoms with van der Waals surface area (Å²) in [7, 11) is 0. The molecule has 0 radical (unpaired) electrons. The van der Waals surface area contributed by atoms with Crippen LogP contribution in [0.5, 0.6) is 0 Å². The monoisotopic (exact) mass is 1060 g/mol. The molecular formula is C45H24AgBF20. The van der Waals surface area contributed by atoms with Crippen LogP contribution >= 0.6 is 0 Å². The van der Waals surface area contributed by atoms with Gasteiger partial charge >= 0.3 is 22.4 Å². The number of rotatable bonds is 4. The third kappa shape index (κ3) is 10.6. The molecule has 0 saturated heterocycles. The number of hydrogen-bond acceptors (Lipinski definition) is 0. The molecule has 67 heavy (non-hydrogen) atoms. The van der Waals surface area contributed by atoms with Crippen LogP contribution in [0.4, 0.5) is 87.8 Å². The van der Waals surface area contributed by atoms with E-state index in [9.17, 15) is 52.7 Å². The first-order chi connectivity index (χ1) is 30.9. The summed E-state index contributed by atoms with van der Waals surface area (Å²) in [5, 5.41) is 0. The predicted octanol–water partition coefficient (Wildman–Crippen LogP) is 11.8. The predicted molar refractivity (Wildman–Crippen MR) is 203 cm³/mol. The quantitative estimate of drug-likeness (QED) is 0.0713. The van der Waals surface area contributed by atoms with Crippen LogP contribution in [0.1, 0.15) is 16.7 Å². The molecule has 22 heteroatoms. The third-order valence-corrected chi connectivity index (χ3v) is 9.53. The van der Waals surface area contributed by atoms with E-state index in [1.807, 2.05) is 54.6 Å². The average Bonchev–Trinajstić information content (AvgIpc) is 3.30. The first kappa shape index (κ1) is 55.3. The normalized spacial score (nSPS) is 10.8. The van der Waals surface area contributed by atoms with Gasteiger partial charge in [0.05, 0.1) is 0 Å². The molecule has 0 aliphatic carbocycles. The van der Waals surface area contributed by atoms with Crippen LogP contribution in [0.3, 0.4) is 0 Å². The van der Waals surface area contributed by atoms with Gasteiger partial charge in [-0.3, -0.25) is 0 Å². The molecular weight excluding hydrogens is 1040 g/mol. The fraction of sp³-hybridized carbons (Fsp3) is 0.0667. The summed E-state index contributed by atoms with van der Waals surface area (Å²) in [6.07, 6.45) is -7.22. The van der Waals surface area contributed by atoms with Gasteiger partial charge in [0.1, 0.15) is 52.7 Å². The molecule has 0 saturated carbocycles.